The number of hydrogen-bond donors (Lipinski definition) is 3. The Kier molecular flexibility index (Phi) is 8.26. The van der Waals surface area contributed by atoms with Gasteiger partial charge >= 0.3 is 5.97 Å². The van der Waals surface area contributed by atoms with Crippen molar-refractivity contribution in [2.45, 2.75) is 64.0 Å². The van der Waals surface area contributed by atoms with Gasteiger partial charge in [0.2, 0.25) is 5.91 Å². The van der Waals surface area contributed by atoms with E-state index < -0.39 is 0 Å². The number of rotatable bonds is 6. The number of carbonyl (C=O) groups is 3. The highest BCUT2D eigenvalue weighted by Crippen LogP contribution is 2.42. The molecule has 8 heteroatoms. The van der Waals surface area contributed by atoms with E-state index in [0.717, 1.165) is 47.2 Å². The first-order valence-corrected chi connectivity index (χ1v) is 14.0. The Bertz CT molecular complexity index is 1430. The van der Waals surface area contributed by atoms with Crippen LogP contribution in [0.1, 0.15) is 83.7 Å². The van der Waals surface area contributed by atoms with E-state index in [-0.39, 0.29) is 36.2 Å². The maximum Gasteiger partial charge on any atom is 0.309 e. The van der Waals surface area contributed by atoms with Gasteiger partial charge in [-0.25, -0.2) is 0 Å². The fourth-order valence-corrected chi connectivity index (χ4v) is 5.35. The molecule has 208 valence electrons. The third-order valence-electron chi connectivity index (χ3n) is 7.90. The smallest absolute Gasteiger partial charge is 0.309 e. The number of hydrogen-bond acceptors (Lipinski definition) is 6. The molecule has 0 saturated heterocycles. The number of fused-ring (bicyclic) bond motifs is 4. The van der Waals surface area contributed by atoms with E-state index in [0.29, 0.717) is 36.6 Å². The highest BCUT2D eigenvalue weighted by molar-refractivity contribution is 5.97. The molecule has 1 aliphatic heterocycles. The molecule has 40 heavy (non-hydrogen) atoms. The number of nitrogens with two attached hydrogens (primary N) is 1. The molecule has 2 aromatic carbocycles. The van der Waals surface area contributed by atoms with Crippen LogP contribution in [0.4, 0.5) is 5.69 Å². The molecular weight excluding hydrogens is 504 g/mol. The van der Waals surface area contributed by atoms with Crippen LogP contribution in [0.2, 0.25) is 0 Å². The Balaban J connectivity index is 1.47. The zero-order valence-electron chi connectivity index (χ0n) is 23.0. The van der Waals surface area contributed by atoms with E-state index in [4.69, 9.17) is 10.5 Å². The summed E-state index contributed by atoms with van der Waals surface area (Å²) in [5.74, 6) is -0.316. The largest absolute Gasteiger partial charge is 0.469 e. The highest BCUT2D eigenvalue weighted by atomic mass is 16.5. The minimum absolute atomic E-state index is 0.0838. The number of methoxy groups -OCH3 is 1. The Morgan fingerprint density at radius 1 is 1.07 bits per heavy atom. The quantitative estimate of drug-likeness (QED) is 0.377. The molecule has 5 rings (SSSR count). The van der Waals surface area contributed by atoms with Gasteiger partial charge in [-0.1, -0.05) is 31.5 Å². The van der Waals surface area contributed by atoms with Crippen molar-refractivity contribution in [2.75, 3.05) is 12.4 Å². The van der Waals surface area contributed by atoms with E-state index in [1.807, 2.05) is 55.5 Å². The predicted molar refractivity (Wildman–Crippen MR) is 154 cm³/mol. The molecule has 3 aromatic rings. The molecule has 0 spiro atoms. The zero-order chi connectivity index (χ0) is 28.2. The second-order valence-corrected chi connectivity index (χ2v) is 10.8. The van der Waals surface area contributed by atoms with Crippen molar-refractivity contribution in [2.24, 2.45) is 11.7 Å². The number of benzene rings is 2. The van der Waals surface area contributed by atoms with Crippen molar-refractivity contribution in [1.29, 1.82) is 0 Å². The van der Waals surface area contributed by atoms with Gasteiger partial charge in [0.15, 0.2) is 0 Å². The van der Waals surface area contributed by atoms with Crippen LogP contribution in [0.25, 0.3) is 11.1 Å². The Labute approximate surface area is 234 Å². The lowest BCUT2D eigenvalue weighted by Gasteiger charge is -2.22. The van der Waals surface area contributed by atoms with Gasteiger partial charge in [-0.3, -0.25) is 19.4 Å². The fourth-order valence-electron chi connectivity index (χ4n) is 5.35. The van der Waals surface area contributed by atoms with Gasteiger partial charge in [0.25, 0.3) is 5.91 Å². The molecule has 2 heterocycles. The average molecular weight is 541 g/mol. The molecule has 2 amide bonds. The summed E-state index contributed by atoms with van der Waals surface area (Å²) in [6.07, 6.45) is 6.16. The topological polar surface area (TPSA) is 123 Å². The van der Waals surface area contributed by atoms with Gasteiger partial charge in [0.1, 0.15) is 0 Å². The molecule has 1 fully saturated rings. The van der Waals surface area contributed by atoms with Gasteiger partial charge in [-0.05, 0) is 84.2 Å². The van der Waals surface area contributed by atoms with Crippen molar-refractivity contribution < 1.29 is 19.1 Å². The van der Waals surface area contributed by atoms with Crippen LogP contribution in [0.3, 0.4) is 0 Å². The summed E-state index contributed by atoms with van der Waals surface area (Å²) in [7, 11) is 1.36. The normalized spacial score (nSPS) is 18.9. The van der Waals surface area contributed by atoms with Gasteiger partial charge in [0, 0.05) is 35.5 Å². The first-order valence-electron chi connectivity index (χ1n) is 14.0. The second kappa shape index (κ2) is 12.0. The number of carbonyl (C=O) groups excluding carboxylic acids is 3. The highest BCUT2D eigenvalue weighted by Gasteiger charge is 2.27. The molecule has 4 N–H and O–H groups in total. The van der Waals surface area contributed by atoms with Crippen molar-refractivity contribution in [1.82, 2.24) is 10.3 Å². The number of pyridine rings is 1. The van der Waals surface area contributed by atoms with Crippen molar-refractivity contribution in [3.05, 3.63) is 82.7 Å². The Hall–Kier alpha value is -4.04. The second-order valence-electron chi connectivity index (χ2n) is 10.8. The number of ether oxygens (including phenoxy) is 1. The molecule has 0 radical (unpaired) electrons. The first-order chi connectivity index (χ1) is 19.4. The fraction of sp³-hybridized carbons (Fsp3) is 0.375. The molecule has 2 bridgehead atoms. The minimum atomic E-state index is -0.348. The summed E-state index contributed by atoms with van der Waals surface area (Å²) in [5.41, 5.74) is 12.7. The number of nitrogens with one attached hydrogen (secondary N) is 2. The lowest BCUT2D eigenvalue weighted by atomic mass is 9.94. The van der Waals surface area contributed by atoms with E-state index in [1.54, 1.807) is 6.20 Å². The Morgan fingerprint density at radius 3 is 2.65 bits per heavy atom. The summed E-state index contributed by atoms with van der Waals surface area (Å²) in [5, 5.41) is 6.29. The third kappa shape index (κ3) is 6.23. The van der Waals surface area contributed by atoms with Crippen LogP contribution in [-0.4, -0.2) is 29.9 Å². The monoisotopic (exact) mass is 540 g/mol. The zero-order valence-corrected chi connectivity index (χ0v) is 23.0. The summed E-state index contributed by atoms with van der Waals surface area (Å²) < 4.78 is 4.82. The number of aromatic nitrogens is 1. The van der Waals surface area contributed by atoms with Crippen molar-refractivity contribution >= 4 is 23.5 Å². The van der Waals surface area contributed by atoms with E-state index in [9.17, 15) is 14.4 Å². The van der Waals surface area contributed by atoms with E-state index >= 15 is 0 Å². The molecule has 1 saturated carbocycles. The lowest BCUT2D eigenvalue weighted by Crippen LogP contribution is -2.30. The summed E-state index contributed by atoms with van der Waals surface area (Å²) >= 11 is 0. The molecule has 2 atom stereocenters. The van der Waals surface area contributed by atoms with E-state index in [2.05, 4.69) is 15.6 Å². The SMILES string of the molecule is COC(=O)Cc1ccc2c(c1)NC(=O)[C@@H](C)CCC[C@H](NC(=O)c1ccc(CN)c(C3CC3)c1)c1cc-2ccn1. The van der Waals surface area contributed by atoms with Crippen LogP contribution < -0.4 is 16.4 Å². The van der Waals surface area contributed by atoms with Crippen LogP contribution in [0.15, 0.2) is 54.7 Å². The number of nitrogens with zero attached hydrogens (tertiary/aromatic N) is 1. The summed E-state index contributed by atoms with van der Waals surface area (Å²) in [4.78, 5) is 43.1. The van der Waals surface area contributed by atoms with Crippen molar-refractivity contribution in [3.8, 4) is 11.1 Å². The van der Waals surface area contributed by atoms with Crippen LogP contribution in [0.5, 0.6) is 0 Å². The molecule has 1 aromatic heterocycles. The summed E-state index contributed by atoms with van der Waals surface area (Å²) in [6.45, 7) is 2.37. The molecule has 8 nitrogen and oxygen atoms in total. The standard InChI is InChI=1S/C32H36N4O4/c1-19-4-3-5-27(35-32(39)23-9-10-24(18-33)26(16-23)21-7-8-21)29-17-22(12-13-34-29)25-11-6-20(15-30(37)40-2)14-28(25)36-31(19)38/h6,9-14,16-17,19,21,27H,3-5,7-8,15,18,33H2,1-2H3,(H,35,39)(H,36,38)/t19-,27-/m0/s1. The molecule has 2 aliphatic rings. The first kappa shape index (κ1) is 27.5. The lowest BCUT2D eigenvalue weighted by molar-refractivity contribution is -0.139. The maximum atomic E-state index is 13.5. The minimum Gasteiger partial charge on any atom is -0.469 e. The molecule has 0 unspecified atom stereocenters. The number of esters is 1. The van der Waals surface area contributed by atoms with Crippen LogP contribution >= 0.6 is 0 Å². The van der Waals surface area contributed by atoms with Gasteiger partial charge in [-0.2, -0.15) is 0 Å². The molecule has 1 aliphatic carbocycles. The third-order valence-corrected chi connectivity index (χ3v) is 7.90. The van der Waals surface area contributed by atoms with Gasteiger partial charge in [-0.15, -0.1) is 0 Å². The predicted octanol–water partition coefficient (Wildman–Crippen LogP) is 5.03. The van der Waals surface area contributed by atoms with Crippen molar-refractivity contribution in [3.63, 3.8) is 0 Å². The number of amides is 2. The molecular formula is C32H36N4O4. The number of anilines is 1. The van der Waals surface area contributed by atoms with Gasteiger partial charge < -0.3 is 21.1 Å². The van der Waals surface area contributed by atoms with Gasteiger partial charge in [0.05, 0.1) is 25.3 Å². The van der Waals surface area contributed by atoms with Crippen LogP contribution in [0, 0.1) is 5.92 Å². The average Bonchev–Trinajstić information content (AvgIpc) is 3.81. The maximum absolute atomic E-state index is 13.5. The summed E-state index contributed by atoms with van der Waals surface area (Å²) in [6, 6.07) is 14.9. The Morgan fingerprint density at radius 2 is 1.90 bits per heavy atom. The van der Waals surface area contributed by atoms with E-state index in [1.165, 1.54) is 12.7 Å². The van der Waals surface area contributed by atoms with Crippen LogP contribution in [-0.2, 0) is 27.3 Å².